The molecule has 9 aromatic carbocycles. The lowest BCUT2D eigenvalue weighted by atomic mass is 9.92. The summed E-state index contributed by atoms with van der Waals surface area (Å²) < 4.78 is 0. The maximum absolute atomic E-state index is 5.40. The van der Waals surface area contributed by atoms with Crippen LogP contribution in [0.2, 0.25) is 0 Å². The largest absolute Gasteiger partial charge is 0.263 e. The molecule has 7 heterocycles. The van der Waals surface area contributed by atoms with Gasteiger partial charge in [0.15, 0.2) is 70.2 Å². The fourth-order valence-corrected chi connectivity index (χ4v) is 12.8. The highest BCUT2D eigenvalue weighted by atomic mass is 15.5. The van der Waals surface area contributed by atoms with Crippen LogP contribution in [0.4, 0.5) is 34.1 Å². The highest BCUT2D eigenvalue weighted by Gasteiger charge is 2.44. The van der Waals surface area contributed by atoms with Crippen LogP contribution in [0.3, 0.4) is 0 Å². The molecule has 3 atom stereocenters. The number of aliphatic imine (C=N–C) groups is 6. The topological polar surface area (TPSA) is 168 Å². The summed E-state index contributed by atoms with van der Waals surface area (Å²) >= 11 is 0. The number of hydrazone groups is 6. The molecule has 18 bridgehead atoms. The standard InChI is InChI=1S/C78H48N18/c1-7-28-55(29-8-1)91-67-46-68-62-43-61(67)79-73(85-91)49-22-19-23-50(40-49)74-81-63-44-64-70(47-69(63)93(87-74)57-32-11-3-12-33-57)94(58-34-13-4-14-35-58)89-77(82-64)53-26-21-27-54(42-53)78-84-66-45-65-71(48-72(66)96(90-78)60-38-17-6-18-39-60)95(59-36-15-5-16-37-59)88-76(83-65)52-25-20-24-51(41-52)75(80-62)86-92(68)56-30-9-2-10-31-56/h1-45,67,69,71H. The smallest absolute Gasteiger partial charge is 0.199 e. The highest BCUT2D eigenvalue weighted by molar-refractivity contribution is 6.36. The number of hydrogen-bond acceptors (Lipinski definition) is 18. The van der Waals surface area contributed by atoms with Gasteiger partial charge in [0.1, 0.15) is 0 Å². The van der Waals surface area contributed by atoms with E-state index < -0.39 is 18.1 Å². The molecule has 0 aromatic heterocycles. The molecule has 0 amide bonds. The molecule has 96 heavy (non-hydrogen) atoms. The molecule has 18 nitrogen and oxygen atoms in total. The Morgan fingerprint density at radius 1 is 0.240 bits per heavy atom. The molecule has 0 saturated heterocycles. The van der Waals surface area contributed by atoms with Gasteiger partial charge in [0.05, 0.1) is 34.2 Å². The zero-order valence-electron chi connectivity index (χ0n) is 50.8. The van der Waals surface area contributed by atoms with Gasteiger partial charge in [-0.3, -0.25) is 15.0 Å². The van der Waals surface area contributed by atoms with E-state index in [0.717, 1.165) is 67.5 Å². The molecule has 0 radical (unpaired) electrons. The van der Waals surface area contributed by atoms with Crippen LogP contribution < -0.4 is 30.1 Å². The minimum absolute atomic E-state index is 0.462. The Labute approximate surface area is 552 Å². The maximum Gasteiger partial charge on any atom is 0.199 e. The molecule has 7 aliphatic heterocycles. The molecule has 0 fully saturated rings. The summed E-state index contributed by atoms with van der Waals surface area (Å²) in [5.74, 6) is 2.81. The second kappa shape index (κ2) is 22.1. The van der Waals surface area contributed by atoms with Crippen molar-refractivity contribution < 1.29 is 0 Å². The Kier molecular flexibility index (Phi) is 12.4. The van der Waals surface area contributed by atoms with E-state index in [1.165, 1.54) is 0 Å². The Morgan fingerprint density at radius 3 is 0.719 bits per heavy atom. The molecule has 0 N–H and O–H groups in total. The molecule has 18 heteroatoms. The normalized spacial score (nSPS) is 19.8. The molecule has 19 rings (SSSR count). The third-order valence-electron chi connectivity index (χ3n) is 17.4. The lowest BCUT2D eigenvalue weighted by molar-refractivity contribution is 0.813. The Bertz CT molecular complexity index is 5230. The van der Waals surface area contributed by atoms with Crippen molar-refractivity contribution in [1.82, 2.24) is 0 Å². The molecule has 0 saturated carbocycles. The van der Waals surface area contributed by atoms with Gasteiger partial charge in [-0.15, -0.1) is 15.3 Å². The average Bonchev–Trinajstić information content (AvgIpc) is 0.757. The number of hydrogen-bond donors (Lipinski definition) is 0. The van der Waals surface area contributed by atoms with Gasteiger partial charge >= 0.3 is 0 Å². The Hall–Kier alpha value is -13.6. The molecule has 10 aliphatic rings. The van der Waals surface area contributed by atoms with Crippen molar-refractivity contribution in [1.29, 1.82) is 0 Å². The summed E-state index contributed by atoms with van der Waals surface area (Å²) in [6.07, 6.45) is 17.5. The Balaban J connectivity index is 0.816. The third kappa shape index (κ3) is 9.38. The zero-order valence-corrected chi connectivity index (χ0v) is 50.8. The lowest BCUT2D eigenvalue weighted by Crippen LogP contribution is -2.48. The first kappa shape index (κ1) is 54.1. The van der Waals surface area contributed by atoms with Crippen molar-refractivity contribution in [3.05, 3.63) is 343 Å². The molecular weight excluding hydrogens is 1190 g/mol. The Morgan fingerprint density at radius 2 is 0.469 bits per heavy atom. The van der Waals surface area contributed by atoms with Gasteiger partial charge in [-0.2, -0.15) is 30.3 Å². The predicted octanol–water partition coefficient (Wildman–Crippen LogP) is 12.7. The lowest BCUT2D eigenvalue weighted by Gasteiger charge is -2.37. The molecule has 3 aliphatic carbocycles. The number of para-hydroxylation sites is 6. The fraction of sp³-hybridized carbons (Fsp3) is 0.0385. The van der Waals surface area contributed by atoms with E-state index in [-0.39, 0.29) is 0 Å². The highest BCUT2D eigenvalue weighted by Crippen LogP contribution is 2.39. The number of fused-ring (bicyclic) bond motifs is 18. The summed E-state index contributed by atoms with van der Waals surface area (Å²) in [5, 5.41) is 43.7. The van der Waals surface area contributed by atoms with Gasteiger partial charge in [0.2, 0.25) is 0 Å². The van der Waals surface area contributed by atoms with Gasteiger partial charge in [0.25, 0.3) is 0 Å². The summed E-state index contributed by atoms with van der Waals surface area (Å²) in [7, 11) is 0. The first-order valence-corrected chi connectivity index (χ1v) is 31.4. The number of amidine groups is 6. The minimum atomic E-state index is -0.567. The summed E-state index contributed by atoms with van der Waals surface area (Å²) in [6.45, 7) is 0. The molecule has 3 unspecified atom stereocenters. The predicted molar refractivity (Wildman–Crippen MR) is 381 cm³/mol. The number of allylic oxidation sites excluding steroid dienone is 3. The van der Waals surface area contributed by atoms with Crippen LogP contribution in [0.25, 0.3) is 0 Å². The summed E-state index contributed by atoms with van der Waals surface area (Å²) in [4.78, 5) is 32.3. The van der Waals surface area contributed by atoms with E-state index in [1.807, 2.05) is 304 Å². The van der Waals surface area contributed by atoms with Gasteiger partial charge in [-0.1, -0.05) is 183 Å². The van der Waals surface area contributed by atoms with Crippen LogP contribution in [-0.4, -0.2) is 87.4 Å². The second-order valence-corrected chi connectivity index (χ2v) is 23.5. The van der Waals surface area contributed by atoms with Crippen LogP contribution in [0.15, 0.2) is 332 Å². The molecule has 9 aromatic rings. The minimum Gasteiger partial charge on any atom is -0.263 e. The van der Waals surface area contributed by atoms with Gasteiger partial charge in [0, 0.05) is 85.8 Å². The molecule has 450 valence electrons. The van der Waals surface area contributed by atoms with E-state index in [4.69, 9.17) is 60.6 Å². The van der Waals surface area contributed by atoms with Crippen molar-refractivity contribution in [2.24, 2.45) is 60.6 Å². The van der Waals surface area contributed by atoms with Crippen LogP contribution in [-0.2, 0) is 0 Å². The zero-order chi connectivity index (χ0) is 63.2. The summed E-state index contributed by atoms with van der Waals surface area (Å²) in [5.41, 5.74) is 15.3. The first-order valence-electron chi connectivity index (χ1n) is 31.4. The van der Waals surface area contributed by atoms with E-state index in [1.54, 1.807) is 0 Å². The SMILES string of the molecule is [C+]1=C2C3=NC(=NN2c2ccccc2)c2cccc(c2)C2=NN(c4ccccc4)C4=[C+]C5C(=NC(=NN5c5ccccc5)c5cccc(c5)C5=NN(c6ccccc6)C6[C+]=C7C(=NC(=NN7c7ccccc7)c7cccc(c7)C7=NN(c8ccccc8)C1C(=N7)[CH-]3)[CH-]C6=N5)[CH-]C4=N2. The monoisotopic (exact) mass is 1240 g/mol. The van der Waals surface area contributed by atoms with Crippen molar-refractivity contribution in [3.63, 3.8) is 0 Å². The van der Waals surface area contributed by atoms with Crippen molar-refractivity contribution in [3.8, 4) is 0 Å². The van der Waals surface area contributed by atoms with E-state index in [2.05, 4.69) is 18.2 Å². The van der Waals surface area contributed by atoms with Gasteiger partial charge < -0.3 is 0 Å². The molecule has 0 spiro atoms. The van der Waals surface area contributed by atoms with E-state index in [0.29, 0.717) is 86.4 Å². The first-order chi connectivity index (χ1) is 47.5. The maximum atomic E-state index is 5.40. The average molecular weight is 1240 g/mol. The van der Waals surface area contributed by atoms with Gasteiger partial charge in [-0.05, 0) is 91.0 Å². The van der Waals surface area contributed by atoms with E-state index in [9.17, 15) is 0 Å². The van der Waals surface area contributed by atoms with E-state index >= 15 is 0 Å². The molecular formula is C78H48N18. The van der Waals surface area contributed by atoms with Crippen molar-refractivity contribution in [2.45, 2.75) is 18.1 Å². The number of anilines is 6. The number of rotatable bonds is 6. The number of benzene rings is 9. The fourth-order valence-electron chi connectivity index (χ4n) is 12.8. The third-order valence-corrected chi connectivity index (χ3v) is 17.4. The van der Waals surface area contributed by atoms with Crippen molar-refractivity contribution >= 4 is 103 Å². The van der Waals surface area contributed by atoms with Crippen molar-refractivity contribution in [2.75, 3.05) is 30.1 Å². The van der Waals surface area contributed by atoms with Crippen LogP contribution in [0, 0.1) is 37.5 Å². The summed E-state index contributed by atoms with van der Waals surface area (Å²) in [6, 6.07) is 82.8. The van der Waals surface area contributed by atoms with Crippen LogP contribution >= 0.6 is 0 Å². The quantitative estimate of drug-likeness (QED) is 0.150. The van der Waals surface area contributed by atoms with Crippen LogP contribution in [0.1, 0.15) is 33.4 Å². The van der Waals surface area contributed by atoms with Gasteiger partial charge in [-0.25, -0.2) is 30.0 Å². The number of nitrogens with zero attached hydrogens (tertiary/aromatic N) is 18. The second-order valence-electron chi connectivity index (χ2n) is 23.5. The van der Waals surface area contributed by atoms with Crippen LogP contribution in [0.5, 0.6) is 0 Å².